The van der Waals surface area contributed by atoms with Gasteiger partial charge in [-0.1, -0.05) is 15.9 Å². The molecule has 0 saturated heterocycles. The second-order valence-corrected chi connectivity index (χ2v) is 7.64. The summed E-state index contributed by atoms with van der Waals surface area (Å²) in [5.74, 6) is -0.700. The first kappa shape index (κ1) is 14.9. The second-order valence-electron chi connectivity index (χ2n) is 5.07. The smallest absolute Gasteiger partial charge is 0.244 e. The lowest BCUT2D eigenvalue weighted by molar-refractivity contribution is 0.533. The van der Waals surface area contributed by atoms with Crippen LogP contribution in [0.25, 0.3) is 0 Å². The summed E-state index contributed by atoms with van der Waals surface area (Å²) in [5.41, 5.74) is -0.102. The third kappa shape index (κ3) is 3.34. The van der Waals surface area contributed by atoms with Gasteiger partial charge in [-0.3, -0.25) is 0 Å². The molecule has 1 aromatic rings. The van der Waals surface area contributed by atoms with E-state index in [1.807, 2.05) is 6.92 Å². The third-order valence-electron chi connectivity index (χ3n) is 3.12. The molecule has 0 aromatic heterocycles. The van der Waals surface area contributed by atoms with E-state index in [1.165, 1.54) is 6.07 Å². The van der Waals surface area contributed by atoms with Gasteiger partial charge in [-0.2, -0.15) is 0 Å². The van der Waals surface area contributed by atoms with Crippen molar-refractivity contribution in [3.05, 3.63) is 28.0 Å². The van der Waals surface area contributed by atoms with Crippen molar-refractivity contribution >= 4 is 26.0 Å². The lowest BCUT2D eigenvalue weighted by Gasteiger charge is -2.14. The van der Waals surface area contributed by atoms with Gasteiger partial charge < -0.3 is 5.32 Å². The summed E-state index contributed by atoms with van der Waals surface area (Å²) in [5, 5.41) is 2.82. The fraction of sp³-hybridized carbons (Fsp3) is 0.500. The second kappa shape index (κ2) is 5.12. The fourth-order valence-electron chi connectivity index (χ4n) is 1.80. The van der Waals surface area contributed by atoms with Gasteiger partial charge in [0.1, 0.15) is 10.7 Å². The SMILES string of the molecule is CNCc1cc(Br)cc(S(=O)(=O)NC2(C)CC2)c1F. The topological polar surface area (TPSA) is 58.2 Å². The molecular formula is C12H16BrFN2O2S. The highest BCUT2D eigenvalue weighted by molar-refractivity contribution is 9.10. The molecule has 106 valence electrons. The monoisotopic (exact) mass is 350 g/mol. The van der Waals surface area contributed by atoms with Crippen LogP contribution in [-0.4, -0.2) is 21.0 Å². The van der Waals surface area contributed by atoms with E-state index in [0.717, 1.165) is 12.8 Å². The van der Waals surface area contributed by atoms with Gasteiger partial charge in [0.2, 0.25) is 10.0 Å². The first-order chi connectivity index (χ1) is 8.77. The van der Waals surface area contributed by atoms with Crippen molar-refractivity contribution in [2.45, 2.75) is 36.7 Å². The maximum atomic E-state index is 14.3. The van der Waals surface area contributed by atoms with E-state index >= 15 is 0 Å². The van der Waals surface area contributed by atoms with E-state index < -0.39 is 21.4 Å². The quantitative estimate of drug-likeness (QED) is 0.855. The highest BCUT2D eigenvalue weighted by Crippen LogP contribution is 2.36. The first-order valence-electron chi connectivity index (χ1n) is 5.94. The van der Waals surface area contributed by atoms with Crippen LogP contribution in [0.4, 0.5) is 4.39 Å². The molecule has 2 rings (SSSR count). The molecule has 0 amide bonds. The standard InChI is InChI=1S/C12H16BrFN2O2S/c1-12(3-4-12)16-19(17,18)10-6-9(13)5-8(7-15-2)11(10)14/h5-6,15-16H,3-4,7H2,1-2H3. The van der Waals surface area contributed by atoms with Crippen LogP contribution >= 0.6 is 15.9 Å². The Bertz CT molecular complexity index is 600. The van der Waals surface area contributed by atoms with E-state index in [4.69, 9.17) is 0 Å². The molecule has 0 radical (unpaired) electrons. The largest absolute Gasteiger partial charge is 0.316 e. The van der Waals surface area contributed by atoms with Crippen LogP contribution < -0.4 is 10.0 Å². The number of halogens is 2. The van der Waals surface area contributed by atoms with Crippen LogP contribution in [0.3, 0.4) is 0 Å². The molecule has 1 fully saturated rings. The van der Waals surface area contributed by atoms with E-state index in [2.05, 4.69) is 26.0 Å². The predicted molar refractivity (Wildman–Crippen MR) is 74.8 cm³/mol. The van der Waals surface area contributed by atoms with Gasteiger partial charge in [0, 0.05) is 22.1 Å². The van der Waals surface area contributed by atoms with Crippen LogP contribution in [0.1, 0.15) is 25.3 Å². The highest BCUT2D eigenvalue weighted by atomic mass is 79.9. The van der Waals surface area contributed by atoms with Crippen LogP contribution in [0, 0.1) is 5.82 Å². The lowest BCUT2D eigenvalue weighted by Crippen LogP contribution is -2.35. The molecule has 19 heavy (non-hydrogen) atoms. The van der Waals surface area contributed by atoms with E-state index in [0.29, 0.717) is 10.0 Å². The fourth-order valence-corrected chi connectivity index (χ4v) is 4.07. The van der Waals surface area contributed by atoms with Crippen LogP contribution in [-0.2, 0) is 16.6 Å². The average molecular weight is 351 g/mol. The van der Waals surface area contributed by atoms with E-state index in [9.17, 15) is 12.8 Å². The number of nitrogens with one attached hydrogen (secondary N) is 2. The normalized spacial score (nSPS) is 17.5. The van der Waals surface area contributed by atoms with Gasteiger partial charge in [-0.05, 0) is 38.9 Å². The summed E-state index contributed by atoms with van der Waals surface area (Å²) in [4.78, 5) is -0.305. The Hall–Kier alpha value is -0.500. The lowest BCUT2D eigenvalue weighted by atomic mass is 10.2. The molecule has 0 aliphatic heterocycles. The zero-order valence-corrected chi connectivity index (χ0v) is 13.2. The van der Waals surface area contributed by atoms with Gasteiger partial charge in [-0.25, -0.2) is 17.5 Å². The van der Waals surface area contributed by atoms with Crippen LogP contribution in [0.15, 0.2) is 21.5 Å². The summed E-state index contributed by atoms with van der Waals surface area (Å²) in [6.45, 7) is 2.08. The summed E-state index contributed by atoms with van der Waals surface area (Å²) < 4.78 is 41.8. The minimum absolute atomic E-state index is 0.269. The summed E-state index contributed by atoms with van der Waals surface area (Å²) in [7, 11) is -2.15. The highest BCUT2D eigenvalue weighted by Gasteiger charge is 2.42. The summed E-state index contributed by atoms with van der Waals surface area (Å²) >= 11 is 3.22. The first-order valence-corrected chi connectivity index (χ1v) is 8.21. The molecule has 1 saturated carbocycles. The molecule has 0 heterocycles. The molecule has 0 spiro atoms. The number of benzene rings is 1. The molecular weight excluding hydrogens is 335 g/mol. The van der Waals surface area contributed by atoms with Gasteiger partial charge in [0.25, 0.3) is 0 Å². The van der Waals surface area contributed by atoms with Crippen molar-refractivity contribution in [2.75, 3.05) is 7.05 Å². The van der Waals surface area contributed by atoms with Crippen molar-refractivity contribution < 1.29 is 12.8 Å². The number of rotatable bonds is 5. The molecule has 2 N–H and O–H groups in total. The third-order valence-corrected chi connectivity index (χ3v) is 5.21. The van der Waals surface area contributed by atoms with Gasteiger partial charge in [0.15, 0.2) is 0 Å². The zero-order chi connectivity index (χ0) is 14.3. The Labute approximate surface area is 121 Å². The Morgan fingerprint density at radius 2 is 2.05 bits per heavy atom. The molecule has 1 aromatic carbocycles. The Balaban J connectivity index is 2.43. The molecule has 1 aliphatic carbocycles. The summed E-state index contributed by atoms with van der Waals surface area (Å²) in [6.07, 6.45) is 1.57. The Kier molecular flexibility index (Phi) is 4.02. The van der Waals surface area contributed by atoms with Gasteiger partial charge >= 0.3 is 0 Å². The van der Waals surface area contributed by atoms with Crippen molar-refractivity contribution in [3.8, 4) is 0 Å². The number of hydrogen-bond donors (Lipinski definition) is 2. The van der Waals surface area contributed by atoms with Crippen molar-refractivity contribution in [1.29, 1.82) is 0 Å². The molecule has 1 aliphatic rings. The minimum atomic E-state index is -3.83. The molecule has 0 atom stereocenters. The molecule has 0 unspecified atom stereocenters. The Morgan fingerprint density at radius 3 is 2.58 bits per heavy atom. The Morgan fingerprint density at radius 1 is 1.42 bits per heavy atom. The molecule has 0 bridgehead atoms. The van der Waals surface area contributed by atoms with Crippen LogP contribution in [0.5, 0.6) is 0 Å². The van der Waals surface area contributed by atoms with Gasteiger partial charge in [-0.15, -0.1) is 0 Å². The zero-order valence-electron chi connectivity index (χ0n) is 10.8. The number of hydrogen-bond acceptors (Lipinski definition) is 3. The van der Waals surface area contributed by atoms with E-state index in [-0.39, 0.29) is 11.4 Å². The summed E-state index contributed by atoms with van der Waals surface area (Å²) in [6, 6.07) is 2.87. The average Bonchev–Trinajstić information content (AvgIpc) is 3.00. The predicted octanol–water partition coefficient (Wildman–Crippen LogP) is 2.14. The van der Waals surface area contributed by atoms with Crippen molar-refractivity contribution in [2.24, 2.45) is 0 Å². The van der Waals surface area contributed by atoms with Crippen molar-refractivity contribution in [1.82, 2.24) is 10.0 Å². The van der Waals surface area contributed by atoms with Crippen LogP contribution in [0.2, 0.25) is 0 Å². The van der Waals surface area contributed by atoms with Gasteiger partial charge in [0.05, 0.1) is 0 Å². The van der Waals surface area contributed by atoms with Crippen molar-refractivity contribution in [3.63, 3.8) is 0 Å². The number of sulfonamides is 1. The molecule has 4 nitrogen and oxygen atoms in total. The maximum Gasteiger partial charge on any atom is 0.244 e. The maximum absolute atomic E-state index is 14.3. The van der Waals surface area contributed by atoms with E-state index in [1.54, 1.807) is 13.1 Å². The molecule has 7 heteroatoms. The minimum Gasteiger partial charge on any atom is -0.316 e.